The summed E-state index contributed by atoms with van der Waals surface area (Å²) in [6.07, 6.45) is 0. The molecule has 2 aromatic rings. The van der Waals surface area contributed by atoms with Gasteiger partial charge >= 0.3 is 0 Å². The quantitative estimate of drug-likeness (QED) is 0.741. The van der Waals surface area contributed by atoms with Crippen LogP contribution >= 0.6 is 34.2 Å². The molecule has 0 aliphatic carbocycles. The van der Waals surface area contributed by atoms with Crippen molar-refractivity contribution in [2.24, 2.45) is 0 Å². The number of hydrogen-bond acceptors (Lipinski definition) is 2. The summed E-state index contributed by atoms with van der Waals surface area (Å²) in [7, 11) is 0. The van der Waals surface area contributed by atoms with Crippen LogP contribution < -0.4 is 10.1 Å². The largest absolute Gasteiger partial charge is 0.457 e. The Morgan fingerprint density at radius 2 is 2.05 bits per heavy atom. The Kier molecular flexibility index (Phi) is 5.48. The minimum Gasteiger partial charge on any atom is -0.457 e. The van der Waals surface area contributed by atoms with Crippen molar-refractivity contribution in [2.75, 3.05) is 6.54 Å². The van der Waals surface area contributed by atoms with Gasteiger partial charge < -0.3 is 10.1 Å². The summed E-state index contributed by atoms with van der Waals surface area (Å²) in [5.41, 5.74) is 1.10. The van der Waals surface area contributed by atoms with Gasteiger partial charge in [-0.3, -0.25) is 0 Å². The summed E-state index contributed by atoms with van der Waals surface area (Å²) in [5, 5.41) is 3.98. The maximum Gasteiger partial charge on any atom is 0.133 e. The van der Waals surface area contributed by atoms with Gasteiger partial charge in [0.15, 0.2) is 0 Å². The van der Waals surface area contributed by atoms with Gasteiger partial charge in [-0.1, -0.05) is 30.7 Å². The van der Waals surface area contributed by atoms with Gasteiger partial charge in [0.1, 0.15) is 11.5 Å². The van der Waals surface area contributed by atoms with Gasteiger partial charge in [-0.25, -0.2) is 0 Å². The number of hydrogen-bond donors (Lipinski definition) is 1. The average molecular weight is 388 g/mol. The molecule has 0 unspecified atom stereocenters. The third-order valence-electron chi connectivity index (χ3n) is 2.62. The Morgan fingerprint density at radius 3 is 2.79 bits per heavy atom. The zero-order valence-corrected chi connectivity index (χ0v) is 13.5. The molecule has 0 amide bonds. The predicted molar refractivity (Wildman–Crippen MR) is 88.1 cm³/mol. The number of ether oxygens (including phenoxy) is 1. The summed E-state index contributed by atoms with van der Waals surface area (Å²) in [4.78, 5) is 0. The first-order valence-corrected chi connectivity index (χ1v) is 7.57. The Bertz CT molecular complexity index is 560. The summed E-state index contributed by atoms with van der Waals surface area (Å²) >= 11 is 8.31. The van der Waals surface area contributed by atoms with E-state index in [0.29, 0.717) is 5.02 Å². The molecule has 0 bridgehead atoms. The van der Waals surface area contributed by atoms with Crippen LogP contribution in [0.3, 0.4) is 0 Å². The fourth-order valence-electron chi connectivity index (χ4n) is 1.69. The third-order valence-corrected chi connectivity index (χ3v) is 3.52. The first kappa shape index (κ1) is 14.6. The molecule has 2 rings (SSSR count). The lowest BCUT2D eigenvalue weighted by molar-refractivity contribution is 0.473. The molecule has 0 atom stereocenters. The lowest BCUT2D eigenvalue weighted by Gasteiger charge is -2.12. The van der Waals surface area contributed by atoms with Gasteiger partial charge in [-0.2, -0.15) is 0 Å². The van der Waals surface area contributed by atoms with Crippen molar-refractivity contribution in [1.82, 2.24) is 5.32 Å². The van der Waals surface area contributed by atoms with Crippen LogP contribution in [0.4, 0.5) is 0 Å². The van der Waals surface area contributed by atoms with Crippen molar-refractivity contribution in [2.45, 2.75) is 13.5 Å². The molecule has 0 aromatic heterocycles. The zero-order chi connectivity index (χ0) is 13.7. The first-order chi connectivity index (χ1) is 9.19. The zero-order valence-electron chi connectivity index (χ0n) is 10.6. The number of rotatable bonds is 5. The van der Waals surface area contributed by atoms with Crippen molar-refractivity contribution in [3.63, 3.8) is 0 Å². The minimum absolute atomic E-state index is 0.681. The van der Waals surface area contributed by atoms with E-state index in [-0.39, 0.29) is 0 Å². The molecule has 0 radical (unpaired) electrons. The van der Waals surface area contributed by atoms with Crippen LogP contribution in [-0.2, 0) is 6.54 Å². The van der Waals surface area contributed by atoms with Crippen LogP contribution in [0.25, 0.3) is 0 Å². The Hall–Kier alpha value is -0.780. The second kappa shape index (κ2) is 7.12. The number of halogens is 2. The molecule has 0 spiro atoms. The van der Waals surface area contributed by atoms with Gasteiger partial charge in [0, 0.05) is 20.7 Å². The predicted octanol–water partition coefficient (Wildman–Crippen LogP) is 4.85. The van der Waals surface area contributed by atoms with E-state index in [1.54, 1.807) is 0 Å². The van der Waals surface area contributed by atoms with Gasteiger partial charge in [0.25, 0.3) is 0 Å². The van der Waals surface area contributed by atoms with Crippen molar-refractivity contribution in [1.29, 1.82) is 0 Å². The van der Waals surface area contributed by atoms with Crippen molar-refractivity contribution < 1.29 is 4.74 Å². The van der Waals surface area contributed by atoms with Crippen LogP contribution in [0, 0.1) is 3.57 Å². The van der Waals surface area contributed by atoms with Crippen LogP contribution in [-0.4, -0.2) is 6.54 Å². The van der Waals surface area contributed by atoms with E-state index in [1.807, 2.05) is 42.5 Å². The van der Waals surface area contributed by atoms with Gasteiger partial charge in [-0.05, 0) is 59.5 Å². The molecule has 0 aliphatic heterocycles. The third kappa shape index (κ3) is 4.37. The average Bonchev–Trinajstić information content (AvgIpc) is 2.38. The molecule has 19 heavy (non-hydrogen) atoms. The Balaban J connectivity index is 2.24. The highest BCUT2D eigenvalue weighted by Crippen LogP contribution is 2.29. The van der Waals surface area contributed by atoms with Crippen LogP contribution in [0.2, 0.25) is 5.02 Å². The monoisotopic (exact) mass is 387 g/mol. The molecule has 0 saturated heterocycles. The summed E-state index contributed by atoms with van der Waals surface area (Å²) in [5.74, 6) is 1.63. The van der Waals surface area contributed by atoms with Crippen LogP contribution in [0.5, 0.6) is 11.5 Å². The second-order valence-corrected chi connectivity index (χ2v) is 5.77. The van der Waals surface area contributed by atoms with E-state index in [2.05, 4.69) is 34.8 Å². The minimum atomic E-state index is 0.681. The van der Waals surface area contributed by atoms with Gasteiger partial charge in [0.2, 0.25) is 0 Å². The molecule has 100 valence electrons. The Morgan fingerprint density at radius 1 is 1.21 bits per heavy atom. The maximum absolute atomic E-state index is 6.05. The molecule has 4 heteroatoms. The van der Waals surface area contributed by atoms with E-state index in [1.165, 1.54) is 0 Å². The summed E-state index contributed by atoms with van der Waals surface area (Å²) in [6, 6.07) is 13.7. The second-order valence-electron chi connectivity index (χ2n) is 4.09. The topological polar surface area (TPSA) is 21.3 Å². The van der Waals surface area contributed by atoms with Gasteiger partial charge in [0.05, 0.1) is 0 Å². The number of benzene rings is 2. The molecular formula is C15H15ClINO. The van der Waals surface area contributed by atoms with Crippen molar-refractivity contribution >= 4 is 34.2 Å². The first-order valence-electron chi connectivity index (χ1n) is 6.11. The van der Waals surface area contributed by atoms with E-state index in [4.69, 9.17) is 16.3 Å². The fraction of sp³-hybridized carbons (Fsp3) is 0.200. The standard InChI is InChI=1S/C15H15ClINO/c1-2-18-10-11-6-7-12(16)8-15(11)19-14-5-3-4-13(17)9-14/h3-9,18H,2,10H2,1H3. The van der Waals surface area contributed by atoms with Crippen molar-refractivity contribution in [3.05, 3.63) is 56.6 Å². The maximum atomic E-state index is 6.05. The normalized spacial score (nSPS) is 10.5. The van der Waals surface area contributed by atoms with Crippen LogP contribution in [0.1, 0.15) is 12.5 Å². The highest BCUT2D eigenvalue weighted by molar-refractivity contribution is 14.1. The summed E-state index contributed by atoms with van der Waals surface area (Å²) < 4.78 is 7.08. The highest BCUT2D eigenvalue weighted by Gasteiger charge is 2.06. The molecule has 0 heterocycles. The lowest BCUT2D eigenvalue weighted by atomic mass is 10.2. The van der Waals surface area contributed by atoms with E-state index >= 15 is 0 Å². The lowest BCUT2D eigenvalue weighted by Crippen LogP contribution is -2.12. The molecule has 1 N–H and O–H groups in total. The molecule has 0 saturated carbocycles. The van der Waals surface area contributed by atoms with Gasteiger partial charge in [-0.15, -0.1) is 0 Å². The molecule has 2 aromatic carbocycles. The van der Waals surface area contributed by atoms with Crippen molar-refractivity contribution in [3.8, 4) is 11.5 Å². The van der Waals surface area contributed by atoms with E-state index in [0.717, 1.165) is 33.7 Å². The van der Waals surface area contributed by atoms with E-state index < -0.39 is 0 Å². The fourth-order valence-corrected chi connectivity index (χ4v) is 2.36. The smallest absolute Gasteiger partial charge is 0.133 e. The Labute approximate surface area is 132 Å². The molecule has 0 fully saturated rings. The number of nitrogens with one attached hydrogen (secondary N) is 1. The highest BCUT2D eigenvalue weighted by atomic mass is 127. The molecular weight excluding hydrogens is 373 g/mol. The van der Waals surface area contributed by atoms with E-state index in [9.17, 15) is 0 Å². The molecule has 2 nitrogen and oxygen atoms in total. The van der Waals surface area contributed by atoms with Crippen LogP contribution in [0.15, 0.2) is 42.5 Å². The molecule has 0 aliphatic rings. The SMILES string of the molecule is CCNCc1ccc(Cl)cc1Oc1cccc(I)c1. The summed E-state index contributed by atoms with van der Waals surface area (Å²) in [6.45, 7) is 3.77.